The molecule has 4 N–H and O–H groups in total. The highest BCUT2D eigenvalue weighted by atomic mass is 32.2. The summed E-state index contributed by atoms with van der Waals surface area (Å²) in [6.07, 6.45) is 11.2. The molecule has 1 aromatic rings. The fraction of sp³-hybridized carbons (Fsp3) is 0.750. The van der Waals surface area contributed by atoms with Crippen molar-refractivity contribution in [3.63, 3.8) is 0 Å². The lowest BCUT2D eigenvalue weighted by atomic mass is 9.84. The van der Waals surface area contributed by atoms with Gasteiger partial charge in [0, 0.05) is 12.1 Å². The fourth-order valence-corrected chi connectivity index (χ4v) is 6.28. The van der Waals surface area contributed by atoms with Crippen LogP contribution in [0.3, 0.4) is 0 Å². The molecule has 9 nitrogen and oxygen atoms in total. The van der Waals surface area contributed by atoms with Gasteiger partial charge in [-0.3, -0.25) is 14.7 Å². The van der Waals surface area contributed by atoms with Crippen molar-refractivity contribution in [1.29, 1.82) is 0 Å². The Morgan fingerprint density at radius 2 is 1.81 bits per heavy atom. The minimum Gasteiger partial charge on any atom is -0.368 e. The van der Waals surface area contributed by atoms with Crippen LogP contribution in [-0.2, 0) is 16.1 Å². The zero-order valence-corrected chi connectivity index (χ0v) is 19.8. The summed E-state index contributed by atoms with van der Waals surface area (Å²) < 4.78 is 22.3. The zero-order valence-electron chi connectivity index (χ0n) is 18.2. The summed E-state index contributed by atoms with van der Waals surface area (Å²) in [6.45, 7) is 3.71. The topological polar surface area (TPSA) is 129 Å². The molecule has 2 fully saturated rings. The Morgan fingerprint density at radius 1 is 1.19 bits per heavy atom. The monoisotopic (exact) mass is 471 g/mol. The number of nitrogens with one attached hydrogen (secondary N) is 1. The van der Waals surface area contributed by atoms with Gasteiger partial charge in [-0.2, -0.15) is 0 Å². The molecule has 0 bridgehead atoms. The standard InChI is InChI=1S/C20H33N5O4S2/c1-13-8-10-16(11-9-13)24(15-6-4-3-5-7-15)20(27)23-19-22-12-17(30-19)25(31(28)29)14(2)18(21)26/h12-16H,3-11H2,1-2H3,(H2,21,26)(H,28,29)(H,22,23,27). The minimum atomic E-state index is -2.44. The molecule has 0 spiro atoms. The Kier molecular flexibility index (Phi) is 8.29. The highest BCUT2D eigenvalue weighted by Crippen LogP contribution is 2.34. The lowest BCUT2D eigenvalue weighted by Gasteiger charge is -2.42. The molecule has 2 atom stereocenters. The third kappa shape index (κ3) is 5.95. The summed E-state index contributed by atoms with van der Waals surface area (Å²) in [5.74, 6) is -0.0250. The van der Waals surface area contributed by atoms with Crippen molar-refractivity contribution in [1.82, 2.24) is 9.88 Å². The Balaban J connectivity index is 1.75. The van der Waals surface area contributed by atoms with Crippen LogP contribution in [0.15, 0.2) is 6.20 Å². The number of amides is 3. The van der Waals surface area contributed by atoms with Gasteiger partial charge in [-0.15, -0.1) is 0 Å². The van der Waals surface area contributed by atoms with Crippen LogP contribution in [-0.4, -0.2) is 48.7 Å². The molecule has 0 aliphatic heterocycles. The first-order chi connectivity index (χ1) is 14.8. The Bertz CT molecular complexity index is 790. The molecule has 2 aliphatic rings. The number of urea groups is 1. The molecule has 11 heteroatoms. The van der Waals surface area contributed by atoms with Gasteiger partial charge in [-0.05, 0) is 51.4 Å². The molecule has 0 saturated heterocycles. The predicted octanol–water partition coefficient (Wildman–Crippen LogP) is 3.71. The normalized spacial score (nSPS) is 24.2. The van der Waals surface area contributed by atoms with Crippen molar-refractivity contribution in [2.45, 2.75) is 89.8 Å². The van der Waals surface area contributed by atoms with Gasteiger partial charge >= 0.3 is 6.03 Å². The molecule has 2 aliphatic carbocycles. The van der Waals surface area contributed by atoms with Crippen molar-refractivity contribution in [3.05, 3.63) is 6.20 Å². The van der Waals surface area contributed by atoms with Crippen molar-refractivity contribution in [3.8, 4) is 0 Å². The van der Waals surface area contributed by atoms with Crippen LogP contribution in [0.5, 0.6) is 0 Å². The SMILES string of the molecule is CC1CCC(N(C(=O)Nc2ncc(N(C(C)C(N)=O)S(=O)O)s2)C2CCCCC2)CC1. The second-order valence-electron chi connectivity index (χ2n) is 8.68. The Labute approximate surface area is 190 Å². The molecule has 2 unspecified atom stereocenters. The summed E-state index contributed by atoms with van der Waals surface area (Å²) in [6, 6.07) is -0.678. The number of hydrogen-bond donors (Lipinski definition) is 3. The number of carbonyl (C=O) groups is 2. The van der Waals surface area contributed by atoms with Gasteiger partial charge in [-0.1, -0.05) is 37.5 Å². The fourth-order valence-electron chi connectivity index (χ4n) is 4.61. The number of hydrogen-bond acceptors (Lipinski definition) is 5. The maximum absolute atomic E-state index is 13.3. The first-order valence-electron chi connectivity index (χ1n) is 11.0. The van der Waals surface area contributed by atoms with Crippen molar-refractivity contribution in [2.75, 3.05) is 9.62 Å². The lowest BCUT2D eigenvalue weighted by Crippen LogP contribution is -2.51. The number of primary amides is 1. The maximum Gasteiger partial charge on any atom is 0.324 e. The van der Waals surface area contributed by atoms with E-state index in [4.69, 9.17) is 5.73 Å². The van der Waals surface area contributed by atoms with Crippen LogP contribution in [0.2, 0.25) is 0 Å². The number of aromatic nitrogens is 1. The number of thiazole rings is 1. The van der Waals surface area contributed by atoms with E-state index in [1.165, 1.54) is 19.5 Å². The number of nitrogens with two attached hydrogens (primary N) is 1. The molecule has 0 aromatic carbocycles. The number of carbonyl (C=O) groups excluding carboxylic acids is 2. The smallest absolute Gasteiger partial charge is 0.324 e. The quantitative estimate of drug-likeness (QED) is 0.522. The third-order valence-corrected chi connectivity index (χ3v) is 8.31. The first kappa shape index (κ1) is 23.9. The molecule has 3 amide bonds. The molecule has 0 radical (unpaired) electrons. The Hall–Kier alpha value is -1.72. The largest absolute Gasteiger partial charge is 0.368 e. The minimum absolute atomic E-state index is 0.160. The predicted molar refractivity (Wildman–Crippen MR) is 123 cm³/mol. The molecule has 174 valence electrons. The highest BCUT2D eigenvalue weighted by Gasteiger charge is 2.34. The van der Waals surface area contributed by atoms with E-state index in [1.54, 1.807) is 0 Å². The van der Waals surface area contributed by atoms with Gasteiger partial charge in [0.25, 0.3) is 11.3 Å². The summed E-state index contributed by atoms with van der Waals surface area (Å²) in [7, 11) is 0. The molecular weight excluding hydrogens is 438 g/mol. The van der Waals surface area contributed by atoms with Crippen molar-refractivity contribution in [2.24, 2.45) is 11.7 Å². The number of nitrogens with zero attached hydrogens (tertiary/aromatic N) is 3. The molecular formula is C20H33N5O4S2. The molecule has 1 heterocycles. The van der Waals surface area contributed by atoms with Gasteiger partial charge < -0.3 is 10.6 Å². The summed E-state index contributed by atoms with van der Waals surface area (Å²) in [5, 5.41) is 3.52. The molecule has 3 rings (SSSR count). The van der Waals surface area contributed by atoms with E-state index in [2.05, 4.69) is 17.2 Å². The summed E-state index contributed by atoms with van der Waals surface area (Å²) in [4.78, 5) is 31.1. The highest BCUT2D eigenvalue weighted by molar-refractivity contribution is 7.81. The summed E-state index contributed by atoms with van der Waals surface area (Å²) >= 11 is -1.39. The molecule has 31 heavy (non-hydrogen) atoms. The van der Waals surface area contributed by atoms with Gasteiger partial charge in [0.05, 0.1) is 6.20 Å². The van der Waals surface area contributed by atoms with Crippen LogP contribution in [0.4, 0.5) is 14.9 Å². The van der Waals surface area contributed by atoms with Gasteiger partial charge in [0.15, 0.2) is 5.13 Å². The van der Waals surface area contributed by atoms with E-state index in [0.717, 1.165) is 67.0 Å². The van der Waals surface area contributed by atoms with E-state index >= 15 is 0 Å². The third-order valence-electron chi connectivity index (χ3n) is 6.44. The van der Waals surface area contributed by atoms with E-state index in [9.17, 15) is 18.4 Å². The van der Waals surface area contributed by atoms with Crippen LogP contribution in [0, 0.1) is 5.92 Å². The van der Waals surface area contributed by atoms with E-state index < -0.39 is 23.2 Å². The summed E-state index contributed by atoms with van der Waals surface area (Å²) in [5.41, 5.74) is 5.30. The average Bonchev–Trinajstić information content (AvgIpc) is 3.18. The van der Waals surface area contributed by atoms with Gasteiger partial charge in [-0.25, -0.2) is 18.3 Å². The molecule has 1 aromatic heterocycles. The van der Waals surface area contributed by atoms with E-state index in [0.29, 0.717) is 11.0 Å². The lowest BCUT2D eigenvalue weighted by molar-refractivity contribution is -0.118. The second kappa shape index (κ2) is 10.7. The Morgan fingerprint density at radius 3 is 2.39 bits per heavy atom. The van der Waals surface area contributed by atoms with Crippen molar-refractivity contribution >= 4 is 44.7 Å². The van der Waals surface area contributed by atoms with Crippen LogP contribution in [0.25, 0.3) is 0 Å². The van der Waals surface area contributed by atoms with E-state index in [1.807, 2.05) is 4.90 Å². The van der Waals surface area contributed by atoms with Gasteiger partial charge in [0.1, 0.15) is 11.0 Å². The maximum atomic E-state index is 13.3. The van der Waals surface area contributed by atoms with E-state index in [-0.39, 0.29) is 23.1 Å². The van der Waals surface area contributed by atoms with Crippen LogP contribution >= 0.6 is 11.3 Å². The first-order valence-corrected chi connectivity index (χ1v) is 12.9. The van der Waals surface area contributed by atoms with Crippen LogP contribution in [0.1, 0.15) is 71.6 Å². The second-order valence-corrected chi connectivity index (χ2v) is 10.5. The van der Waals surface area contributed by atoms with Gasteiger partial charge in [0.2, 0.25) is 5.91 Å². The zero-order chi connectivity index (χ0) is 22.5. The van der Waals surface area contributed by atoms with Crippen LogP contribution < -0.4 is 15.4 Å². The number of anilines is 2. The number of rotatable bonds is 7. The molecule has 2 saturated carbocycles. The average molecular weight is 472 g/mol. The van der Waals surface area contributed by atoms with Crippen molar-refractivity contribution < 1.29 is 18.4 Å².